The molecule has 2 heterocycles. The Morgan fingerprint density at radius 1 is 1.19 bits per heavy atom. The first-order valence-electron chi connectivity index (χ1n) is 9.53. The lowest BCUT2D eigenvalue weighted by Gasteiger charge is -2.38. The number of carbonyl (C=O) groups is 1. The second-order valence-electron chi connectivity index (χ2n) is 7.91. The Hall–Kier alpha value is -1.60. The van der Waals surface area contributed by atoms with Gasteiger partial charge in [0, 0.05) is 31.1 Å². The molecule has 1 saturated carbocycles. The highest BCUT2D eigenvalue weighted by molar-refractivity contribution is 7.91. The average Bonchev–Trinajstić information content (AvgIpc) is 3.23. The average molecular weight is 378 g/mol. The van der Waals surface area contributed by atoms with Crippen LogP contribution in [0.25, 0.3) is 0 Å². The Balaban J connectivity index is 1.46. The number of benzene rings is 1. The van der Waals surface area contributed by atoms with Gasteiger partial charge in [0.1, 0.15) is 0 Å². The highest BCUT2D eigenvalue weighted by Crippen LogP contribution is 2.40. The fraction of sp³-hybridized carbons (Fsp3) is 0.632. The van der Waals surface area contributed by atoms with E-state index in [-0.39, 0.29) is 35.0 Å². The van der Waals surface area contributed by atoms with E-state index in [9.17, 15) is 13.2 Å². The van der Waals surface area contributed by atoms with Crippen LogP contribution in [0.4, 0.5) is 4.79 Å². The van der Waals surface area contributed by atoms with Crippen molar-refractivity contribution in [2.75, 3.05) is 31.1 Å². The molecule has 2 atom stereocenters. The van der Waals surface area contributed by atoms with Gasteiger partial charge in [0.25, 0.3) is 0 Å². The van der Waals surface area contributed by atoms with Gasteiger partial charge in [-0.25, -0.2) is 13.2 Å². The summed E-state index contributed by atoms with van der Waals surface area (Å²) in [6.45, 7) is 1.82. The third-order valence-corrected chi connectivity index (χ3v) is 7.98. The van der Waals surface area contributed by atoms with Crippen LogP contribution in [0.2, 0.25) is 0 Å². The van der Waals surface area contributed by atoms with Gasteiger partial charge in [0.2, 0.25) is 0 Å². The highest BCUT2D eigenvalue weighted by atomic mass is 32.2. The molecule has 1 aromatic rings. The Labute approximate surface area is 155 Å². The standard InChI is InChI=1S/C19H27N3O3S/c23-18(22-11-10-20-16-12-26(24,25)13-17(16)22)21-14-19(8-4-5-9-19)15-6-2-1-3-7-15/h1-3,6-7,16-17,20H,4-5,8-14H2,(H,21,23)/t16-,17+/m0/s1. The van der Waals surface area contributed by atoms with Gasteiger partial charge in [-0.05, 0) is 18.4 Å². The van der Waals surface area contributed by atoms with E-state index in [0.29, 0.717) is 19.6 Å². The summed E-state index contributed by atoms with van der Waals surface area (Å²) in [6, 6.07) is 9.94. The van der Waals surface area contributed by atoms with Crippen molar-refractivity contribution in [3.8, 4) is 0 Å². The van der Waals surface area contributed by atoms with Gasteiger partial charge in [-0.15, -0.1) is 0 Å². The lowest BCUT2D eigenvalue weighted by Crippen LogP contribution is -2.61. The zero-order chi connectivity index (χ0) is 18.2. The predicted molar refractivity (Wildman–Crippen MR) is 101 cm³/mol. The first-order valence-corrected chi connectivity index (χ1v) is 11.4. The molecule has 1 aromatic carbocycles. The molecular weight excluding hydrogens is 350 g/mol. The number of fused-ring (bicyclic) bond motifs is 1. The molecule has 4 rings (SSSR count). The van der Waals surface area contributed by atoms with Crippen LogP contribution in [0.5, 0.6) is 0 Å². The van der Waals surface area contributed by atoms with E-state index in [4.69, 9.17) is 0 Å². The SMILES string of the molecule is O=C(NCC1(c2ccccc2)CCCC1)N1CCN[C@H]2CS(=O)(=O)C[C@H]21. The lowest BCUT2D eigenvalue weighted by molar-refractivity contribution is 0.149. The van der Waals surface area contributed by atoms with Gasteiger partial charge < -0.3 is 15.5 Å². The number of urea groups is 1. The minimum Gasteiger partial charge on any atom is -0.337 e. The maximum absolute atomic E-state index is 12.9. The van der Waals surface area contributed by atoms with Gasteiger partial charge >= 0.3 is 6.03 Å². The van der Waals surface area contributed by atoms with Gasteiger partial charge in [0.05, 0.1) is 17.5 Å². The summed E-state index contributed by atoms with van der Waals surface area (Å²) < 4.78 is 23.9. The molecule has 6 nitrogen and oxygen atoms in total. The van der Waals surface area contributed by atoms with Crippen molar-refractivity contribution in [1.82, 2.24) is 15.5 Å². The number of hydrogen-bond donors (Lipinski definition) is 2. The maximum Gasteiger partial charge on any atom is 0.317 e. The molecule has 2 aliphatic heterocycles. The normalized spacial score (nSPS) is 29.3. The van der Waals surface area contributed by atoms with Crippen LogP contribution < -0.4 is 10.6 Å². The van der Waals surface area contributed by atoms with Gasteiger partial charge in [-0.1, -0.05) is 43.2 Å². The van der Waals surface area contributed by atoms with Crippen LogP contribution in [0.15, 0.2) is 30.3 Å². The molecule has 2 amide bonds. The summed E-state index contributed by atoms with van der Waals surface area (Å²) in [5, 5.41) is 6.39. The molecule has 0 radical (unpaired) electrons. The fourth-order valence-electron chi connectivity index (χ4n) is 4.88. The largest absolute Gasteiger partial charge is 0.337 e. The lowest BCUT2D eigenvalue weighted by atomic mass is 9.79. The molecule has 0 unspecified atom stereocenters. The molecule has 3 aliphatic rings. The molecular formula is C19H27N3O3S. The maximum atomic E-state index is 12.9. The van der Waals surface area contributed by atoms with Crippen molar-refractivity contribution >= 4 is 15.9 Å². The van der Waals surface area contributed by atoms with Gasteiger partial charge in [0.15, 0.2) is 9.84 Å². The fourth-order valence-corrected chi connectivity index (χ4v) is 6.83. The monoisotopic (exact) mass is 377 g/mol. The van der Waals surface area contributed by atoms with E-state index < -0.39 is 9.84 Å². The summed E-state index contributed by atoms with van der Waals surface area (Å²) in [4.78, 5) is 14.6. The number of sulfone groups is 1. The molecule has 2 N–H and O–H groups in total. The number of piperazine rings is 1. The number of rotatable bonds is 3. The van der Waals surface area contributed by atoms with Crippen LogP contribution >= 0.6 is 0 Å². The Morgan fingerprint density at radius 2 is 1.92 bits per heavy atom. The first-order chi connectivity index (χ1) is 12.5. The zero-order valence-corrected chi connectivity index (χ0v) is 15.8. The summed E-state index contributed by atoms with van der Waals surface area (Å²) in [7, 11) is -3.07. The van der Waals surface area contributed by atoms with Crippen molar-refractivity contribution < 1.29 is 13.2 Å². The number of nitrogens with one attached hydrogen (secondary N) is 2. The van der Waals surface area contributed by atoms with Crippen molar-refractivity contribution in [2.45, 2.75) is 43.2 Å². The highest BCUT2D eigenvalue weighted by Gasteiger charge is 2.45. The van der Waals surface area contributed by atoms with Crippen LogP contribution in [-0.2, 0) is 15.3 Å². The summed E-state index contributed by atoms with van der Waals surface area (Å²) >= 11 is 0. The third-order valence-electron chi connectivity index (χ3n) is 6.27. The van der Waals surface area contributed by atoms with E-state index in [1.54, 1.807) is 4.90 Å². The molecule has 0 spiro atoms. The molecule has 0 aromatic heterocycles. The van der Waals surface area contributed by atoms with E-state index in [1.165, 1.54) is 18.4 Å². The zero-order valence-electron chi connectivity index (χ0n) is 15.0. The minimum absolute atomic E-state index is 0.00606. The molecule has 1 aliphatic carbocycles. The quantitative estimate of drug-likeness (QED) is 0.832. The van der Waals surface area contributed by atoms with E-state index in [0.717, 1.165) is 12.8 Å². The molecule has 142 valence electrons. The minimum atomic E-state index is -3.07. The number of carbonyl (C=O) groups excluding carboxylic acids is 1. The van der Waals surface area contributed by atoms with E-state index in [2.05, 4.69) is 34.9 Å². The summed E-state index contributed by atoms with van der Waals surface area (Å²) in [5.41, 5.74) is 1.30. The molecule has 2 saturated heterocycles. The van der Waals surface area contributed by atoms with Crippen LogP contribution in [0.1, 0.15) is 31.2 Å². The van der Waals surface area contributed by atoms with Crippen LogP contribution in [-0.4, -0.2) is 62.6 Å². The molecule has 0 bridgehead atoms. The van der Waals surface area contributed by atoms with Gasteiger partial charge in [-0.2, -0.15) is 0 Å². The number of hydrogen-bond acceptors (Lipinski definition) is 4. The molecule has 3 fully saturated rings. The molecule has 7 heteroatoms. The van der Waals surface area contributed by atoms with Crippen LogP contribution in [0, 0.1) is 0 Å². The topological polar surface area (TPSA) is 78.5 Å². The van der Waals surface area contributed by atoms with E-state index in [1.807, 2.05) is 6.07 Å². The van der Waals surface area contributed by atoms with Crippen molar-refractivity contribution in [3.05, 3.63) is 35.9 Å². The van der Waals surface area contributed by atoms with Crippen molar-refractivity contribution in [3.63, 3.8) is 0 Å². The number of nitrogens with zero attached hydrogens (tertiary/aromatic N) is 1. The van der Waals surface area contributed by atoms with Gasteiger partial charge in [-0.3, -0.25) is 0 Å². The van der Waals surface area contributed by atoms with Crippen molar-refractivity contribution in [2.24, 2.45) is 0 Å². The summed E-state index contributed by atoms with van der Waals surface area (Å²) in [5.74, 6) is 0.206. The Bertz CT molecular complexity index is 759. The summed E-state index contributed by atoms with van der Waals surface area (Å²) in [6.07, 6.45) is 4.53. The van der Waals surface area contributed by atoms with Crippen LogP contribution in [0.3, 0.4) is 0 Å². The first kappa shape index (κ1) is 17.8. The predicted octanol–water partition coefficient (Wildman–Crippen LogP) is 1.28. The van der Waals surface area contributed by atoms with E-state index >= 15 is 0 Å². The number of amides is 2. The Morgan fingerprint density at radius 3 is 2.65 bits per heavy atom. The Kier molecular flexibility index (Phi) is 4.69. The second kappa shape index (κ2) is 6.85. The smallest absolute Gasteiger partial charge is 0.317 e. The van der Waals surface area contributed by atoms with Crippen molar-refractivity contribution in [1.29, 1.82) is 0 Å². The third kappa shape index (κ3) is 3.34. The molecule has 26 heavy (non-hydrogen) atoms. The second-order valence-corrected chi connectivity index (χ2v) is 10.1.